The molecule has 0 atom stereocenters. The van der Waals surface area contributed by atoms with E-state index >= 15 is 0 Å². The van der Waals surface area contributed by atoms with Crippen LogP contribution in [-0.4, -0.2) is 113 Å². The van der Waals surface area contributed by atoms with Crippen molar-refractivity contribution in [3.05, 3.63) is 149 Å². The fourth-order valence-electron chi connectivity index (χ4n) is 10.6. The Hall–Kier alpha value is -12.0. The molecule has 0 aromatic heterocycles. The number of imide groups is 1. The van der Waals surface area contributed by atoms with Crippen LogP contribution in [0, 0.1) is 0 Å². The topological polar surface area (TPSA) is 409 Å². The second-order valence-corrected chi connectivity index (χ2v) is 22.2. The lowest BCUT2D eigenvalue weighted by molar-refractivity contribution is -0.192. The number of carbonyl (C=O) groups is 12. The van der Waals surface area contributed by atoms with Crippen LogP contribution in [0.1, 0.15) is 166 Å². The van der Waals surface area contributed by atoms with Crippen molar-refractivity contribution < 1.29 is 91.6 Å². The van der Waals surface area contributed by atoms with E-state index in [9.17, 15) is 57.5 Å². The highest BCUT2D eigenvalue weighted by atomic mass is 16.8. The zero-order chi connectivity index (χ0) is 72.6. The number of nitrogens with zero attached hydrogens (tertiary/aromatic N) is 1. The molecule has 4 aliphatic rings. The maximum atomic E-state index is 12.3. The Morgan fingerprint density at radius 3 is 0.980 bits per heavy atom. The highest BCUT2D eigenvalue weighted by molar-refractivity contribution is 6.05. The largest absolute Gasteiger partial charge is 0.533 e. The standard InChI is InChI=1S/C25H25N3O7.C24H26N2O6.C20H20N2O2.C2H5NO2.CO2.2CH4/c1-3-21(29)26-14-5-7-16-17-8-6-15(27-22(30)4-2)12-19(17)20(18(16)11-14)13-34-25(33)35-28-23(31)9-10-24(28)32;1-3-21(27)25-14-5-7-16-17-8-6-15(26-22(28)4-2)12-19(17)20(18(16)11-14)13-32-24(31)10-9-23(29)30;1-4-19(23)21-13-6-8-15-16-9-7-14(22-20(24)5-2)11-18(16)12(3)17(15)10-13;3-1-2(4)5;2-1-3;;/h5-8,11-12,20H,3-4,9-10,13H2,1-2H3,(H,26,29)(H,27,30);5-8,11-12,20H,3-4,9-10,13H2,1-2H3,(H,25,27)(H,26,28)(H,29,30);6-11H,3-5H2,1-2H3,(H,21,23)(H,22,24);1,3H2,(H,4,5);;2*1H4. The Morgan fingerprint density at radius 2 is 0.713 bits per heavy atom. The Morgan fingerprint density at radius 1 is 0.446 bits per heavy atom. The number of hydroxylamine groups is 2. The number of carboxylic acid groups (broad SMARTS) is 2. The molecule has 0 radical (unpaired) electrons. The average molecular weight is 1390 g/mol. The number of hydrogen-bond acceptors (Lipinski definition) is 18. The summed E-state index contributed by atoms with van der Waals surface area (Å²) in [4.78, 5) is 159. The number of hydrogen-bond donors (Lipinski definition) is 9. The fraction of sp³-hybridized carbons (Fsp3) is 0.311. The number of amides is 8. The second kappa shape index (κ2) is 38.8. The number of anilines is 6. The first-order valence-corrected chi connectivity index (χ1v) is 31.7. The summed E-state index contributed by atoms with van der Waals surface area (Å²) >= 11 is 0. The minimum atomic E-state index is -1.17. The molecule has 1 heterocycles. The van der Waals surface area contributed by atoms with Crippen LogP contribution in [0.2, 0.25) is 0 Å². The SMILES string of the molecule is C.C.C=C1c2cc(NC(=O)CC)ccc2-c2ccc(NC(=O)CC)cc21.CCC(=O)Nc1ccc2c(c1)C(COC(=O)CCC(=O)O)c1cc(NC(=O)CC)ccc1-2.CCC(=O)Nc1ccc2c(c1)C(COC(=O)ON1C(=O)CCC1=O)c1cc(NC(=O)CC)ccc1-2.NCC(=O)O.O=C=O. The van der Waals surface area contributed by atoms with E-state index in [1.54, 1.807) is 39.8 Å². The van der Waals surface area contributed by atoms with Gasteiger partial charge in [-0.3, -0.25) is 57.6 Å². The van der Waals surface area contributed by atoms with Crippen molar-refractivity contribution in [2.45, 2.75) is 132 Å². The first-order valence-electron chi connectivity index (χ1n) is 31.7. The number of esters is 1. The van der Waals surface area contributed by atoms with E-state index < -0.39 is 41.8 Å². The molecule has 101 heavy (non-hydrogen) atoms. The van der Waals surface area contributed by atoms with Crippen LogP contribution >= 0.6 is 0 Å². The van der Waals surface area contributed by atoms with Crippen LogP contribution in [-0.2, 0) is 76.6 Å². The molecule has 10 N–H and O–H groups in total. The van der Waals surface area contributed by atoms with E-state index in [0.29, 0.717) is 66.3 Å². The van der Waals surface area contributed by atoms with Crippen molar-refractivity contribution in [3.8, 4) is 33.4 Å². The third-order valence-electron chi connectivity index (χ3n) is 15.6. The number of rotatable bonds is 21. The molecule has 1 aliphatic heterocycles. The number of carboxylic acids is 2. The van der Waals surface area contributed by atoms with Gasteiger partial charge in [0, 0.05) is 97.3 Å². The molecule has 3 aliphatic carbocycles. The van der Waals surface area contributed by atoms with Gasteiger partial charge in [0.25, 0.3) is 11.8 Å². The molecule has 27 nitrogen and oxygen atoms in total. The number of aliphatic carboxylic acids is 2. The van der Waals surface area contributed by atoms with Gasteiger partial charge in [0.2, 0.25) is 35.4 Å². The van der Waals surface area contributed by atoms with Crippen molar-refractivity contribution in [1.82, 2.24) is 5.06 Å². The summed E-state index contributed by atoms with van der Waals surface area (Å²) in [6.45, 7) is 14.5. The quantitative estimate of drug-likeness (QED) is 0.0238. The Kier molecular flexibility index (Phi) is 31.3. The summed E-state index contributed by atoms with van der Waals surface area (Å²) in [5.41, 5.74) is 20.8. The maximum Gasteiger partial charge on any atom is 0.533 e. The normalized spacial score (nSPS) is 12.0. The third kappa shape index (κ3) is 22.0. The second-order valence-electron chi connectivity index (χ2n) is 22.2. The molecular formula is C74H84N8O19. The molecule has 0 saturated carbocycles. The van der Waals surface area contributed by atoms with Gasteiger partial charge in [0.15, 0.2) is 0 Å². The summed E-state index contributed by atoms with van der Waals surface area (Å²) in [6, 6.07) is 33.9. The lowest BCUT2D eigenvalue weighted by atomic mass is 9.97. The molecule has 534 valence electrons. The minimum absolute atomic E-state index is 0. The zero-order valence-electron chi connectivity index (χ0n) is 55.3. The summed E-state index contributed by atoms with van der Waals surface area (Å²) in [5.74, 6) is -5.09. The number of ether oxygens (including phenoxy) is 2. The van der Waals surface area contributed by atoms with Gasteiger partial charge in [0.1, 0.15) is 13.2 Å². The molecule has 0 bridgehead atoms. The van der Waals surface area contributed by atoms with Crippen LogP contribution in [0.25, 0.3) is 39.0 Å². The lowest BCUT2D eigenvalue weighted by Gasteiger charge is -2.17. The fourth-order valence-corrected chi connectivity index (χ4v) is 10.6. The van der Waals surface area contributed by atoms with Crippen LogP contribution in [0.4, 0.5) is 38.9 Å². The van der Waals surface area contributed by atoms with Gasteiger partial charge >= 0.3 is 30.2 Å². The predicted octanol–water partition coefficient (Wildman–Crippen LogP) is 11.8. The molecule has 1 fully saturated rings. The van der Waals surface area contributed by atoms with Crippen molar-refractivity contribution in [2.24, 2.45) is 5.73 Å². The van der Waals surface area contributed by atoms with E-state index in [1.807, 2.05) is 111 Å². The number of fused-ring (bicyclic) bond motifs is 9. The van der Waals surface area contributed by atoms with Gasteiger partial charge < -0.3 is 57.3 Å². The van der Waals surface area contributed by atoms with Gasteiger partial charge in [-0.15, -0.1) is 0 Å². The van der Waals surface area contributed by atoms with E-state index in [-0.39, 0.29) is 108 Å². The maximum absolute atomic E-state index is 12.3. The molecule has 6 aromatic rings. The molecule has 10 rings (SSSR count). The van der Waals surface area contributed by atoms with E-state index in [0.717, 1.165) is 83.7 Å². The molecule has 0 unspecified atom stereocenters. The average Bonchev–Trinajstić information content (AvgIpc) is 1.62. The van der Waals surface area contributed by atoms with E-state index in [2.05, 4.69) is 44.2 Å². The Balaban J connectivity index is 0.000000305. The van der Waals surface area contributed by atoms with Crippen LogP contribution in [0.3, 0.4) is 0 Å². The first kappa shape index (κ1) is 81.5. The number of nitrogens with two attached hydrogens (primary N) is 1. The Bertz CT molecular complexity index is 3960. The summed E-state index contributed by atoms with van der Waals surface area (Å²) < 4.78 is 10.7. The van der Waals surface area contributed by atoms with Crippen LogP contribution < -0.4 is 37.6 Å². The van der Waals surface area contributed by atoms with Crippen molar-refractivity contribution in [3.63, 3.8) is 0 Å². The summed E-state index contributed by atoms with van der Waals surface area (Å²) in [6.07, 6.45) is 0.769. The summed E-state index contributed by atoms with van der Waals surface area (Å²) in [7, 11) is 0. The zero-order valence-corrected chi connectivity index (χ0v) is 55.3. The van der Waals surface area contributed by atoms with Gasteiger partial charge in [-0.05, 0) is 145 Å². The molecule has 6 aromatic carbocycles. The predicted molar refractivity (Wildman–Crippen MR) is 377 cm³/mol. The number of nitrogens with one attached hydrogen (secondary N) is 6. The van der Waals surface area contributed by atoms with Crippen LogP contribution in [0.5, 0.6) is 0 Å². The smallest absolute Gasteiger partial charge is 0.481 e. The van der Waals surface area contributed by atoms with Gasteiger partial charge in [0.05, 0.1) is 19.4 Å². The monoisotopic (exact) mass is 1390 g/mol. The molecule has 8 amide bonds. The molecular weight excluding hydrogens is 1300 g/mol. The van der Waals surface area contributed by atoms with E-state index in [1.165, 1.54) is 0 Å². The minimum Gasteiger partial charge on any atom is -0.481 e. The van der Waals surface area contributed by atoms with Crippen molar-refractivity contribution in [2.75, 3.05) is 51.7 Å². The molecule has 27 heteroatoms. The summed E-state index contributed by atoms with van der Waals surface area (Å²) in [5, 5.41) is 33.9. The van der Waals surface area contributed by atoms with Gasteiger partial charge in [-0.1, -0.05) is 104 Å². The van der Waals surface area contributed by atoms with Crippen molar-refractivity contribution in [1.29, 1.82) is 0 Å². The number of carbonyl (C=O) groups excluding carboxylic acids is 12. The van der Waals surface area contributed by atoms with Crippen molar-refractivity contribution >= 4 is 117 Å². The molecule has 1 saturated heterocycles. The van der Waals surface area contributed by atoms with E-state index in [4.69, 9.17) is 34.1 Å². The van der Waals surface area contributed by atoms with Gasteiger partial charge in [-0.2, -0.15) is 9.59 Å². The lowest BCUT2D eigenvalue weighted by Crippen LogP contribution is -2.32. The Labute approximate surface area is 583 Å². The third-order valence-corrected chi connectivity index (χ3v) is 15.6. The van der Waals surface area contributed by atoms with Gasteiger partial charge in [-0.25, -0.2) is 4.79 Å². The highest BCUT2D eigenvalue weighted by Crippen LogP contribution is 2.49. The highest BCUT2D eigenvalue weighted by Gasteiger charge is 2.36. The van der Waals surface area contributed by atoms with Crippen LogP contribution in [0.15, 0.2) is 116 Å². The number of benzene rings is 6. The molecule has 0 spiro atoms. The first-order chi connectivity index (χ1) is 47.3.